The highest BCUT2D eigenvalue weighted by Gasteiger charge is 2.34. The predicted octanol–water partition coefficient (Wildman–Crippen LogP) is 4.04. The van der Waals surface area contributed by atoms with Crippen LogP contribution in [0.1, 0.15) is 42.6 Å². The summed E-state index contributed by atoms with van der Waals surface area (Å²) in [6.45, 7) is 1.59. The van der Waals surface area contributed by atoms with E-state index in [2.05, 4.69) is 5.10 Å². The molecule has 0 bridgehead atoms. The summed E-state index contributed by atoms with van der Waals surface area (Å²) in [5.41, 5.74) is 0.843. The molecule has 1 amide bonds. The molecule has 148 valence electrons. The van der Waals surface area contributed by atoms with Gasteiger partial charge in [-0.25, -0.2) is 0 Å². The van der Waals surface area contributed by atoms with Crippen LogP contribution in [-0.4, -0.2) is 33.7 Å². The number of likely N-dealkylation sites (tertiary alicyclic amines) is 1. The molecule has 29 heavy (non-hydrogen) atoms. The number of carbonyl (C=O) groups is 1. The van der Waals surface area contributed by atoms with E-state index in [0.29, 0.717) is 28.1 Å². The lowest BCUT2D eigenvalue weighted by Crippen LogP contribution is -2.45. The molecule has 1 aromatic heterocycles. The van der Waals surface area contributed by atoms with Crippen molar-refractivity contribution in [3.63, 3.8) is 0 Å². The van der Waals surface area contributed by atoms with E-state index in [4.69, 9.17) is 0 Å². The van der Waals surface area contributed by atoms with Crippen molar-refractivity contribution in [2.75, 3.05) is 13.1 Å². The summed E-state index contributed by atoms with van der Waals surface area (Å²) >= 11 is 0. The normalized spacial score (nSPS) is 21.7. The predicted molar refractivity (Wildman–Crippen MR) is 113 cm³/mol. The molecule has 2 heterocycles. The largest absolute Gasteiger partial charge is 0.337 e. The number of para-hydroxylation sites is 1. The van der Waals surface area contributed by atoms with E-state index < -0.39 is 0 Å². The number of amides is 1. The first-order chi connectivity index (χ1) is 14.2. The third kappa shape index (κ3) is 3.24. The summed E-state index contributed by atoms with van der Waals surface area (Å²) < 4.78 is 1.36. The summed E-state index contributed by atoms with van der Waals surface area (Å²) in [4.78, 5) is 28.5. The average molecular weight is 387 g/mol. The molecule has 2 atom stereocenters. The second-order valence-corrected chi connectivity index (χ2v) is 8.29. The summed E-state index contributed by atoms with van der Waals surface area (Å²) in [5, 5.41) is 5.73. The number of nitrogens with zero attached hydrogens (tertiary/aromatic N) is 3. The standard InChI is InChI=1S/C24H25N3O2/c28-23-21-13-7-6-12-20(21)22(25-27(23)19-10-2-1-3-11-19)24(29)26-15-14-17-8-4-5-9-18(17)16-26/h1-3,6-7,10-13,17-18H,4-5,8-9,14-16H2/t17-,18+/m1/s1. The Kier molecular flexibility index (Phi) is 4.66. The maximum absolute atomic E-state index is 13.5. The highest BCUT2D eigenvalue weighted by molar-refractivity contribution is 6.04. The van der Waals surface area contributed by atoms with Crippen molar-refractivity contribution in [2.45, 2.75) is 32.1 Å². The van der Waals surface area contributed by atoms with Crippen LogP contribution in [0, 0.1) is 11.8 Å². The number of carbonyl (C=O) groups excluding carboxylic acids is 1. The molecule has 0 spiro atoms. The highest BCUT2D eigenvalue weighted by Crippen LogP contribution is 2.36. The fraction of sp³-hybridized carbons (Fsp3) is 0.375. The molecule has 1 aliphatic heterocycles. The molecule has 3 aromatic rings. The maximum atomic E-state index is 13.5. The molecule has 2 fully saturated rings. The number of fused-ring (bicyclic) bond motifs is 2. The van der Waals surface area contributed by atoms with Gasteiger partial charge in [-0.05, 0) is 42.9 Å². The van der Waals surface area contributed by atoms with Gasteiger partial charge in [-0.1, -0.05) is 55.7 Å². The Morgan fingerprint density at radius 2 is 1.55 bits per heavy atom. The van der Waals surface area contributed by atoms with Crippen LogP contribution >= 0.6 is 0 Å². The van der Waals surface area contributed by atoms with Gasteiger partial charge in [0.05, 0.1) is 11.1 Å². The van der Waals surface area contributed by atoms with E-state index >= 15 is 0 Å². The summed E-state index contributed by atoms with van der Waals surface area (Å²) in [7, 11) is 0. The zero-order chi connectivity index (χ0) is 19.8. The molecule has 2 aromatic carbocycles. The molecule has 5 nitrogen and oxygen atoms in total. The first-order valence-electron chi connectivity index (χ1n) is 10.6. The molecule has 0 N–H and O–H groups in total. The smallest absolute Gasteiger partial charge is 0.279 e. The van der Waals surface area contributed by atoms with Gasteiger partial charge in [0.1, 0.15) is 0 Å². The second kappa shape index (κ2) is 7.47. The first kappa shape index (κ1) is 18.1. The van der Waals surface area contributed by atoms with Crippen LogP contribution in [0.3, 0.4) is 0 Å². The quantitative estimate of drug-likeness (QED) is 0.667. The van der Waals surface area contributed by atoms with Crippen molar-refractivity contribution in [2.24, 2.45) is 11.8 Å². The lowest BCUT2D eigenvalue weighted by Gasteiger charge is -2.41. The number of aromatic nitrogens is 2. The van der Waals surface area contributed by atoms with E-state index in [1.165, 1.54) is 30.4 Å². The SMILES string of the molecule is O=C(c1nn(-c2ccccc2)c(=O)c2ccccc12)N1CC[C@H]2CCCC[C@H]2C1. The van der Waals surface area contributed by atoms with E-state index in [-0.39, 0.29) is 11.5 Å². The third-order valence-electron chi connectivity index (χ3n) is 6.59. The molecule has 1 saturated carbocycles. The fourth-order valence-corrected chi connectivity index (χ4v) is 5.03. The van der Waals surface area contributed by atoms with Crippen LogP contribution in [-0.2, 0) is 0 Å². The number of piperidine rings is 1. The lowest BCUT2D eigenvalue weighted by atomic mass is 9.75. The number of benzene rings is 2. The number of rotatable bonds is 2. The van der Waals surface area contributed by atoms with Gasteiger partial charge in [0.2, 0.25) is 0 Å². The number of hydrogen-bond acceptors (Lipinski definition) is 3. The Hall–Kier alpha value is -2.95. The van der Waals surface area contributed by atoms with Gasteiger partial charge in [-0.3, -0.25) is 9.59 Å². The highest BCUT2D eigenvalue weighted by atomic mass is 16.2. The van der Waals surface area contributed by atoms with E-state index in [1.54, 1.807) is 6.07 Å². The Labute approximate surface area is 170 Å². The molecule has 0 radical (unpaired) electrons. The Balaban J connectivity index is 1.58. The Morgan fingerprint density at radius 1 is 0.862 bits per heavy atom. The van der Waals surface area contributed by atoms with E-state index in [9.17, 15) is 9.59 Å². The third-order valence-corrected chi connectivity index (χ3v) is 6.59. The molecular weight excluding hydrogens is 362 g/mol. The van der Waals surface area contributed by atoms with Crippen molar-refractivity contribution < 1.29 is 4.79 Å². The van der Waals surface area contributed by atoms with E-state index in [1.807, 2.05) is 53.4 Å². The van der Waals surface area contributed by atoms with Crippen molar-refractivity contribution in [3.8, 4) is 5.69 Å². The van der Waals surface area contributed by atoms with Crippen LogP contribution in [0.25, 0.3) is 16.5 Å². The van der Waals surface area contributed by atoms with Crippen LogP contribution in [0.4, 0.5) is 0 Å². The minimum absolute atomic E-state index is 0.0603. The fourth-order valence-electron chi connectivity index (χ4n) is 5.03. The monoisotopic (exact) mass is 387 g/mol. The van der Waals surface area contributed by atoms with Crippen LogP contribution in [0.2, 0.25) is 0 Å². The Morgan fingerprint density at radius 3 is 2.34 bits per heavy atom. The number of hydrogen-bond donors (Lipinski definition) is 0. The lowest BCUT2D eigenvalue weighted by molar-refractivity contribution is 0.0516. The zero-order valence-electron chi connectivity index (χ0n) is 16.5. The zero-order valence-corrected chi connectivity index (χ0v) is 16.5. The van der Waals surface area contributed by atoms with Crippen molar-refractivity contribution >= 4 is 16.7 Å². The molecule has 0 unspecified atom stereocenters. The van der Waals surface area contributed by atoms with Crippen molar-refractivity contribution in [3.05, 3.63) is 70.6 Å². The van der Waals surface area contributed by atoms with Gasteiger partial charge >= 0.3 is 0 Å². The van der Waals surface area contributed by atoms with Crippen LogP contribution < -0.4 is 5.56 Å². The van der Waals surface area contributed by atoms with Crippen LogP contribution in [0.5, 0.6) is 0 Å². The van der Waals surface area contributed by atoms with E-state index in [0.717, 1.165) is 25.4 Å². The van der Waals surface area contributed by atoms with Crippen molar-refractivity contribution in [1.82, 2.24) is 14.7 Å². The van der Waals surface area contributed by atoms with Gasteiger partial charge in [0, 0.05) is 18.5 Å². The molecule has 2 aliphatic rings. The Bertz CT molecular complexity index is 1110. The first-order valence-corrected chi connectivity index (χ1v) is 10.6. The summed E-state index contributed by atoms with van der Waals surface area (Å²) in [6, 6.07) is 16.6. The maximum Gasteiger partial charge on any atom is 0.279 e. The van der Waals surface area contributed by atoms with Gasteiger partial charge in [-0.15, -0.1) is 0 Å². The minimum Gasteiger partial charge on any atom is -0.337 e. The molecule has 1 aliphatic carbocycles. The topological polar surface area (TPSA) is 55.2 Å². The van der Waals surface area contributed by atoms with Gasteiger partial charge < -0.3 is 4.90 Å². The second-order valence-electron chi connectivity index (χ2n) is 8.29. The summed E-state index contributed by atoms with van der Waals surface area (Å²) in [6.07, 6.45) is 6.18. The average Bonchev–Trinajstić information content (AvgIpc) is 2.79. The molecule has 1 saturated heterocycles. The van der Waals surface area contributed by atoms with Gasteiger partial charge in [0.25, 0.3) is 11.5 Å². The molecule has 5 rings (SSSR count). The van der Waals surface area contributed by atoms with Crippen LogP contribution in [0.15, 0.2) is 59.4 Å². The van der Waals surface area contributed by atoms with Gasteiger partial charge in [0.15, 0.2) is 5.69 Å². The van der Waals surface area contributed by atoms with Gasteiger partial charge in [-0.2, -0.15) is 9.78 Å². The summed E-state index contributed by atoms with van der Waals surface area (Å²) in [5.74, 6) is 1.30. The molecule has 5 heteroatoms. The van der Waals surface area contributed by atoms with Crippen molar-refractivity contribution in [1.29, 1.82) is 0 Å². The minimum atomic E-state index is -0.200. The molecular formula is C24H25N3O2.